The molecule has 0 bridgehead atoms. The van der Waals surface area contributed by atoms with Crippen LogP contribution in [-0.4, -0.2) is 27.5 Å². The molecule has 32 heavy (non-hydrogen) atoms. The first-order valence-electron chi connectivity index (χ1n) is 10.6. The van der Waals surface area contributed by atoms with Gasteiger partial charge in [0.15, 0.2) is 4.77 Å². The highest BCUT2D eigenvalue weighted by atomic mass is 32.2. The fraction of sp³-hybridized carbons (Fsp3) is 0.292. The number of aromatic nitrogens is 2. The number of nitrogens with zero attached hydrogens (tertiary/aromatic N) is 2. The number of aromatic amines is 1. The number of fused-ring (bicyclic) bond motifs is 1. The summed E-state index contributed by atoms with van der Waals surface area (Å²) < 4.78 is 7.41. The molecule has 0 fully saturated rings. The lowest BCUT2D eigenvalue weighted by Crippen LogP contribution is -2.24. The van der Waals surface area contributed by atoms with Gasteiger partial charge in [-0.25, -0.2) is 0 Å². The molecule has 2 aromatic carbocycles. The molecule has 0 aliphatic carbocycles. The molecule has 1 atom stereocenters. The van der Waals surface area contributed by atoms with Crippen molar-refractivity contribution in [3.05, 3.63) is 74.8 Å². The summed E-state index contributed by atoms with van der Waals surface area (Å²) >= 11 is 6.99. The van der Waals surface area contributed by atoms with Crippen molar-refractivity contribution in [1.82, 2.24) is 9.55 Å². The number of aromatic hydroxyl groups is 1. The van der Waals surface area contributed by atoms with Crippen molar-refractivity contribution in [2.24, 2.45) is 4.99 Å². The molecule has 6 nitrogen and oxygen atoms in total. The molecule has 0 spiro atoms. The van der Waals surface area contributed by atoms with Crippen molar-refractivity contribution in [2.45, 2.75) is 42.9 Å². The summed E-state index contributed by atoms with van der Waals surface area (Å²) in [6.45, 7) is 2.59. The lowest BCUT2D eigenvalue weighted by Gasteiger charge is -2.19. The van der Waals surface area contributed by atoms with Gasteiger partial charge in [-0.15, -0.1) is 11.8 Å². The monoisotopic (exact) mass is 467 g/mol. The van der Waals surface area contributed by atoms with Gasteiger partial charge < -0.3 is 9.84 Å². The Morgan fingerprint density at radius 2 is 2.00 bits per heavy atom. The van der Waals surface area contributed by atoms with Crippen molar-refractivity contribution >= 4 is 35.4 Å². The van der Waals surface area contributed by atoms with Gasteiger partial charge in [-0.1, -0.05) is 43.7 Å². The summed E-state index contributed by atoms with van der Waals surface area (Å²) in [6, 6.07) is 15.7. The van der Waals surface area contributed by atoms with E-state index in [4.69, 9.17) is 21.9 Å². The number of hydrogen-bond acceptors (Lipinski definition) is 6. The largest absolute Gasteiger partial charge is 0.496 e. The maximum atomic E-state index is 13.0. The van der Waals surface area contributed by atoms with E-state index in [-0.39, 0.29) is 21.5 Å². The van der Waals surface area contributed by atoms with E-state index >= 15 is 0 Å². The molecule has 166 valence electrons. The summed E-state index contributed by atoms with van der Waals surface area (Å²) in [5, 5.41) is 11.0. The second kappa shape index (κ2) is 9.75. The Hall–Kier alpha value is -2.84. The summed E-state index contributed by atoms with van der Waals surface area (Å²) in [7, 11) is 1.65. The molecule has 3 aromatic rings. The minimum atomic E-state index is -0.429. The smallest absolute Gasteiger partial charge is 0.264 e. The van der Waals surface area contributed by atoms with Crippen LogP contribution in [0.25, 0.3) is 0 Å². The normalized spacial score (nSPS) is 15.6. The second-order valence-electron chi connectivity index (χ2n) is 7.54. The first-order chi connectivity index (χ1) is 15.5. The van der Waals surface area contributed by atoms with E-state index in [2.05, 4.69) is 11.9 Å². The van der Waals surface area contributed by atoms with E-state index < -0.39 is 5.56 Å². The number of benzene rings is 2. The zero-order valence-corrected chi connectivity index (χ0v) is 19.6. The zero-order valence-electron chi connectivity index (χ0n) is 18.0. The molecule has 0 amide bonds. The van der Waals surface area contributed by atoms with Crippen LogP contribution in [0.5, 0.6) is 11.6 Å². The Balaban J connectivity index is 1.89. The minimum Gasteiger partial charge on any atom is -0.496 e. The summed E-state index contributed by atoms with van der Waals surface area (Å²) in [4.78, 5) is 21.5. The van der Waals surface area contributed by atoms with Crippen LogP contribution in [0, 0.1) is 4.77 Å². The number of nitrogens with one attached hydrogen (secondary N) is 1. The summed E-state index contributed by atoms with van der Waals surface area (Å²) in [6.07, 6.45) is 2.22. The molecule has 2 N–H and O–H groups in total. The van der Waals surface area contributed by atoms with Crippen LogP contribution in [0.15, 0.2) is 63.2 Å². The van der Waals surface area contributed by atoms with Crippen molar-refractivity contribution in [3.8, 4) is 11.6 Å². The summed E-state index contributed by atoms with van der Waals surface area (Å²) in [5.41, 5.74) is 2.05. The van der Waals surface area contributed by atoms with Gasteiger partial charge in [0.25, 0.3) is 5.56 Å². The van der Waals surface area contributed by atoms with E-state index in [0.29, 0.717) is 18.7 Å². The number of H-pyrrole nitrogens is 1. The average Bonchev–Trinajstić information content (AvgIpc) is 2.98. The highest BCUT2D eigenvalue weighted by Gasteiger charge is 2.28. The minimum absolute atomic E-state index is 0.0559. The molecule has 2 heterocycles. The van der Waals surface area contributed by atoms with Crippen LogP contribution in [0.4, 0.5) is 5.69 Å². The van der Waals surface area contributed by atoms with Crippen molar-refractivity contribution in [1.29, 1.82) is 0 Å². The number of methoxy groups -OCH3 is 1. The van der Waals surface area contributed by atoms with Gasteiger partial charge in [0.05, 0.1) is 18.5 Å². The van der Waals surface area contributed by atoms with Crippen LogP contribution in [0.3, 0.4) is 0 Å². The highest BCUT2D eigenvalue weighted by Crippen LogP contribution is 2.47. The lowest BCUT2D eigenvalue weighted by atomic mass is 10.0. The van der Waals surface area contributed by atoms with Crippen LogP contribution < -0.4 is 10.3 Å². The van der Waals surface area contributed by atoms with Gasteiger partial charge in [0.1, 0.15) is 11.3 Å². The van der Waals surface area contributed by atoms with Crippen LogP contribution in [-0.2, 0) is 6.54 Å². The van der Waals surface area contributed by atoms with E-state index in [1.54, 1.807) is 23.4 Å². The Morgan fingerprint density at radius 1 is 1.25 bits per heavy atom. The standard InChI is InChI=1S/C24H25N3O3S2/c1-3-4-13-27-23(29)21(22(28)26-24(27)31)17-14-20(15-9-5-7-11-18(15)30-2)32-19-12-8-6-10-16(19)25-17/h5-12,20,29H,3-4,13-14H2,1-2H3,(H,26,28,31). The topological polar surface area (TPSA) is 79.6 Å². The molecule has 0 saturated carbocycles. The average molecular weight is 468 g/mol. The zero-order chi connectivity index (χ0) is 22.7. The number of thioether (sulfide) groups is 1. The number of para-hydroxylation sites is 2. The number of unbranched alkanes of at least 4 members (excludes halogenated alkanes) is 1. The first-order valence-corrected chi connectivity index (χ1v) is 11.8. The van der Waals surface area contributed by atoms with Gasteiger partial charge in [-0.3, -0.25) is 19.3 Å². The van der Waals surface area contributed by atoms with Gasteiger partial charge in [0.2, 0.25) is 5.88 Å². The lowest BCUT2D eigenvalue weighted by molar-refractivity contribution is 0.398. The van der Waals surface area contributed by atoms with E-state index in [1.165, 1.54) is 0 Å². The fourth-order valence-corrected chi connectivity index (χ4v) is 5.35. The predicted octanol–water partition coefficient (Wildman–Crippen LogP) is 5.78. The van der Waals surface area contributed by atoms with Crippen molar-refractivity contribution < 1.29 is 9.84 Å². The Kier molecular flexibility index (Phi) is 6.81. The molecule has 0 radical (unpaired) electrons. The third-order valence-corrected chi connectivity index (χ3v) is 7.08. The van der Waals surface area contributed by atoms with E-state index in [9.17, 15) is 9.90 Å². The Morgan fingerprint density at radius 3 is 2.78 bits per heavy atom. The second-order valence-corrected chi connectivity index (χ2v) is 9.17. The summed E-state index contributed by atoms with van der Waals surface area (Å²) in [5.74, 6) is 0.648. The predicted molar refractivity (Wildman–Crippen MR) is 131 cm³/mol. The Labute approximate surface area is 196 Å². The van der Waals surface area contributed by atoms with E-state index in [1.807, 2.05) is 48.5 Å². The van der Waals surface area contributed by atoms with Gasteiger partial charge >= 0.3 is 0 Å². The molecular formula is C24H25N3O3S2. The maximum Gasteiger partial charge on any atom is 0.264 e. The number of hydrogen-bond donors (Lipinski definition) is 2. The first kappa shape index (κ1) is 22.4. The van der Waals surface area contributed by atoms with Crippen LogP contribution in [0.2, 0.25) is 0 Å². The van der Waals surface area contributed by atoms with Crippen LogP contribution in [0.1, 0.15) is 42.6 Å². The molecular weight excluding hydrogens is 442 g/mol. The Bertz CT molecular complexity index is 1280. The molecule has 1 unspecified atom stereocenters. The molecule has 1 aliphatic rings. The van der Waals surface area contributed by atoms with E-state index in [0.717, 1.165) is 34.7 Å². The maximum absolute atomic E-state index is 13.0. The molecule has 4 rings (SSSR count). The van der Waals surface area contributed by atoms with Crippen LogP contribution >= 0.6 is 24.0 Å². The highest BCUT2D eigenvalue weighted by molar-refractivity contribution is 7.99. The SMILES string of the molecule is CCCCn1c(O)c(C2=Nc3ccccc3SC(c3ccccc3OC)C2)c(=O)[nH]c1=S. The number of ether oxygens (including phenoxy) is 1. The van der Waals surface area contributed by atoms with Crippen molar-refractivity contribution in [3.63, 3.8) is 0 Å². The molecule has 1 aliphatic heterocycles. The third kappa shape index (κ3) is 4.38. The molecule has 1 aromatic heterocycles. The quantitative estimate of drug-likeness (QED) is 0.449. The van der Waals surface area contributed by atoms with Gasteiger partial charge in [-0.05, 0) is 36.8 Å². The molecule has 8 heteroatoms. The third-order valence-electron chi connectivity index (χ3n) is 5.45. The van der Waals surface area contributed by atoms with Crippen molar-refractivity contribution in [2.75, 3.05) is 7.11 Å². The molecule has 0 saturated heterocycles. The fourth-order valence-electron chi connectivity index (χ4n) is 3.82. The number of aliphatic imine (C=N–C) groups is 1. The van der Waals surface area contributed by atoms with Gasteiger partial charge in [0, 0.05) is 28.7 Å². The van der Waals surface area contributed by atoms with Gasteiger partial charge in [-0.2, -0.15) is 0 Å². The number of rotatable bonds is 6.